The molecule has 1 unspecified atom stereocenters. The molecule has 0 aliphatic carbocycles. The molecule has 4 nitrogen and oxygen atoms in total. The number of piperidine rings is 1. The van der Waals surface area contributed by atoms with Crippen LogP contribution in [0.25, 0.3) is 0 Å². The summed E-state index contributed by atoms with van der Waals surface area (Å²) in [5, 5.41) is 0. The fourth-order valence-corrected chi connectivity index (χ4v) is 4.27. The fraction of sp³-hybridized carbons (Fsp3) is 0.600. The van der Waals surface area contributed by atoms with Gasteiger partial charge in [0.2, 0.25) is 10.0 Å². The largest absolute Gasteiger partial charge is 0.296 e. The molecule has 0 bridgehead atoms. The topological polar surface area (TPSA) is 40.6 Å². The lowest BCUT2D eigenvalue weighted by molar-refractivity contribution is 0.0971. The lowest BCUT2D eigenvalue weighted by Gasteiger charge is -2.45. The Morgan fingerprint density at radius 2 is 2.00 bits per heavy atom. The Kier molecular flexibility index (Phi) is 3.60. The van der Waals surface area contributed by atoms with Crippen molar-refractivity contribution in [3.05, 3.63) is 35.4 Å². The van der Waals surface area contributed by atoms with E-state index in [4.69, 9.17) is 0 Å². The lowest BCUT2D eigenvalue weighted by Crippen LogP contribution is -2.48. The molecule has 0 N–H and O–H groups in total. The van der Waals surface area contributed by atoms with Crippen molar-refractivity contribution < 1.29 is 8.42 Å². The Bertz CT molecular complexity index is 600. The first-order valence-corrected chi connectivity index (χ1v) is 9.06. The predicted molar refractivity (Wildman–Crippen MR) is 80.1 cm³/mol. The summed E-state index contributed by atoms with van der Waals surface area (Å²) < 4.78 is 25.1. The maximum atomic E-state index is 11.7. The second-order valence-corrected chi connectivity index (χ2v) is 8.00. The van der Waals surface area contributed by atoms with E-state index in [1.54, 1.807) is 11.4 Å². The van der Waals surface area contributed by atoms with Crippen molar-refractivity contribution in [1.82, 2.24) is 9.21 Å². The van der Waals surface area contributed by atoms with Crippen molar-refractivity contribution >= 4 is 10.0 Å². The number of fused-ring (bicyclic) bond motifs is 3. The molecule has 1 fully saturated rings. The highest BCUT2D eigenvalue weighted by atomic mass is 32.2. The summed E-state index contributed by atoms with van der Waals surface area (Å²) in [7, 11) is -1.39. The van der Waals surface area contributed by atoms with Crippen molar-refractivity contribution in [2.45, 2.75) is 31.3 Å². The van der Waals surface area contributed by atoms with Crippen LogP contribution in [0.1, 0.15) is 30.0 Å². The first-order chi connectivity index (χ1) is 9.47. The van der Waals surface area contributed by atoms with Crippen LogP contribution in [0.2, 0.25) is 0 Å². The third kappa shape index (κ3) is 2.50. The van der Waals surface area contributed by atoms with Crippen LogP contribution in [0.4, 0.5) is 0 Å². The molecule has 1 saturated heterocycles. The smallest absolute Gasteiger partial charge is 0.211 e. The number of hydrogen-bond acceptors (Lipinski definition) is 3. The van der Waals surface area contributed by atoms with Gasteiger partial charge in [-0.05, 0) is 30.4 Å². The van der Waals surface area contributed by atoms with Gasteiger partial charge in [0.05, 0.1) is 6.26 Å². The molecule has 0 amide bonds. The Hall–Kier alpha value is -0.910. The predicted octanol–water partition coefficient (Wildman–Crippen LogP) is 1.64. The first kappa shape index (κ1) is 14.0. The minimum atomic E-state index is -3.10. The van der Waals surface area contributed by atoms with Gasteiger partial charge in [-0.3, -0.25) is 4.90 Å². The molecule has 0 radical (unpaired) electrons. The minimum Gasteiger partial charge on any atom is -0.296 e. The second kappa shape index (κ2) is 5.13. The standard InChI is InChI=1S/C15H22N2O2S/c1-16(20(2,18)19)13-8-10-17-9-7-12-5-3-4-6-14(12)15(17)11-13/h3-6,13,15H,7-11H2,1-2H3/t13-,15?/m0/s1. The van der Waals surface area contributed by atoms with Crippen LogP contribution in [-0.4, -0.2) is 50.1 Å². The zero-order valence-corrected chi connectivity index (χ0v) is 12.9. The van der Waals surface area contributed by atoms with E-state index in [-0.39, 0.29) is 6.04 Å². The van der Waals surface area contributed by atoms with Crippen molar-refractivity contribution in [3.8, 4) is 0 Å². The highest BCUT2D eigenvalue weighted by molar-refractivity contribution is 7.88. The Morgan fingerprint density at radius 3 is 2.75 bits per heavy atom. The number of benzene rings is 1. The van der Waals surface area contributed by atoms with Gasteiger partial charge < -0.3 is 0 Å². The first-order valence-electron chi connectivity index (χ1n) is 7.21. The maximum Gasteiger partial charge on any atom is 0.211 e. The summed E-state index contributed by atoms with van der Waals surface area (Å²) in [6.07, 6.45) is 4.25. The summed E-state index contributed by atoms with van der Waals surface area (Å²) in [4.78, 5) is 2.51. The second-order valence-electron chi connectivity index (χ2n) is 5.96. The Labute approximate surface area is 121 Å². The molecule has 20 heavy (non-hydrogen) atoms. The summed E-state index contributed by atoms with van der Waals surface area (Å²) in [6, 6.07) is 9.09. The van der Waals surface area contributed by atoms with Crippen LogP contribution < -0.4 is 0 Å². The molecule has 0 saturated carbocycles. The van der Waals surface area contributed by atoms with Crippen LogP contribution in [-0.2, 0) is 16.4 Å². The zero-order valence-electron chi connectivity index (χ0n) is 12.1. The third-order valence-electron chi connectivity index (χ3n) is 4.81. The van der Waals surface area contributed by atoms with Gasteiger partial charge in [-0.2, -0.15) is 0 Å². The van der Waals surface area contributed by atoms with Crippen LogP contribution in [0.15, 0.2) is 24.3 Å². The van der Waals surface area contributed by atoms with Gasteiger partial charge in [0.15, 0.2) is 0 Å². The van der Waals surface area contributed by atoms with Crippen molar-refractivity contribution in [3.63, 3.8) is 0 Å². The van der Waals surface area contributed by atoms with Crippen LogP contribution >= 0.6 is 0 Å². The highest BCUT2D eigenvalue weighted by Gasteiger charge is 2.36. The van der Waals surface area contributed by atoms with Crippen LogP contribution in [0.5, 0.6) is 0 Å². The van der Waals surface area contributed by atoms with Crippen LogP contribution in [0.3, 0.4) is 0 Å². The molecule has 0 aromatic heterocycles. The van der Waals surface area contributed by atoms with Crippen molar-refractivity contribution in [2.75, 3.05) is 26.4 Å². The molecule has 2 atom stereocenters. The molecule has 1 aromatic rings. The summed E-state index contributed by atoms with van der Waals surface area (Å²) in [6.45, 7) is 2.08. The van der Waals surface area contributed by atoms with E-state index >= 15 is 0 Å². The summed E-state index contributed by atoms with van der Waals surface area (Å²) >= 11 is 0. The van der Waals surface area contributed by atoms with Crippen molar-refractivity contribution in [1.29, 1.82) is 0 Å². The van der Waals surface area contributed by atoms with E-state index in [1.807, 2.05) is 0 Å². The molecule has 3 rings (SSSR count). The quantitative estimate of drug-likeness (QED) is 0.832. The number of hydrogen-bond donors (Lipinski definition) is 0. The molecular formula is C15H22N2O2S. The Balaban J connectivity index is 1.86. The minimum absolute atomic E-state index is 0.123. The molecule has 2 aliphatic rings. The van der Waals surface area contributed by atoms with E-state index in [0.717, 1.165) is 32.4 Å². The molecule has 110 valence electrons. The van der Waals surface area contributed by atoms with E-state index in [2.05, 4.69) is 29.2 Å². The zero-order chi connectivity index (χ0) is 14.3. The molecule has 2 aliphatic heterocycles. The monoisotopic (exact) mass is 294 g/mol. The normalized spacial score (nSPS) is 27.1. The SMILES string of the molecule is CN([C@H]1CCN2CCc3ccccc3C2C1)S(C)(=O)=O. The highest BCUT2D eigenvalue weighted by Crippen LogP contribution is 2.37. The molecular weight excluding hydrogens is 272 g/mol. The Morgan fingerprint density at radius 1 is 1.25 bits per heavy atom. The summed E-state index contributed by atoms with van der Waals surface area (Å²) in [5.41, 5.74) is 2.82. The molecule has 5 heteroatoms. The average molecular weight is 294 g/mol. The van der Waals surface area contributed by atoms with Gasteiger partial charge >= 0.3 is 0 Å². The third-order valence-corrected chi connectivity index (χ3v) is 6.15. The summed E-state index contributed by atoms with van der Waals surface area (Å²) in [5.74, 6) is 0. The van der Waals surface area contributed by atoms with E-state index in [9.17, 15) is 8.42 Å². The van der Waals surface area contributed by atoms with E-state index < -0.39 is 10.0 Å². The van der Waals surface area contributed by atoms with Crippen molar-refractivity contribution in [2.24, 2.45) is 0 Å². The molecule has 0 spiro atoms. The lowest BCUT2D eigenvalue weighted by atomic mass is 9.85. The van der Waals surface area contributed by atoms with Gasteiger partial charge in [-0.1, -0.05) is 24.3 Å². The van der Waals surface area contributed by atoms with E-state index in [0.29, 0.717) is 6.04 Å². The van der Waals surface area contributed by atoms with Gasteiger partial charge in [0, 0.05) is 32.2 Å². The van der Waals surface area contributed by atoms with E-state index in [1.165, 1.54) is 17.4 Å². The molecule has 2 heterocycles. The average Bonchev–Trinajstić information content (AvgIpc) is 2.45. The van der Waals surface area contributed by atoms with Crippen LogP contribution in [0, 0.1) is 0 Å². The van der Waals surface area contributed by atoms with Gasteiger partial charge in [-0.25, -0.2) is 12.7 Å². The maximum absolute atomic E-state index is 11.7. The van der Waals surface area contributed by atoms with Gasteiger partial charge in [0.25, 0.3) is 0 Å². The number of sulfonamides is 1. The molecule has 1 aromatic carbocycles. The van der Waals surface area contributed by atoms with Gasteiger partial charge in [-0.15, -0.1) is 0 Å². The number of rotatable bonds is 2. The fourth-order valence-electron chi connectivity index (χ4n) is 3.54. The number of nitrogens with zero attached hydrogens (tertiary/aromatic N) is 2. The van der Waals surface area contributed by atoms with Gasteiger partial charge in [0.1, 0.15) is 0 Å².